The molecule has 28 heavy (non-hydrogen) atoms. The van der Waals surface area contributed by atoms with E-state index in [1.165, 1.54) is 6.07 Å². The minimum atomic E-state index is -0.273. The van der Waals surface area contributed by atoms with Crippen LogP contribution in [0.15, 0.2) is 42.5 Å². The maximum Gasteiger partial charge on any atom is 0.251 e. The predicted molar refractivity (Wildman–Crippen MR) is 108 cm³/mol. The third-order valence-electron chi connectivity index (χ3n) is 5.03. The van der Waals surface area contributed by atoms with Crippen LogP contribution < -0.4 is 5.32 Å². The zero-order chi connectivity index (χ0) is 20.1. The summed E-state index contributed by atoms with van der Waals surface area (Å²) in [6, 6.07) is 11.7. The highest BCUT2D eigenvalue weighted by Crippen LogP contribution is 2.23. The zero-order valence-electron chi connectivity index (χ0n) is 15.8. The van der Waals surface area contributed by atoms with E-state index in [4.69, 9.17) is 16.3 Å². The number of carbonyl (C=O) groups excluding carboxylic acids is 2. The van der Waals surface area contributed by atoms with Gasteiger partial charge in [0.05, 0.1) is 0 Å². The molecule has 6 heteroatoms. The Morgan fingerprint density at radius 2 is 1.89 bits per heavy atom. The average molecular weight is 402 g/mol. The Morgan fingerprint density at radius 1 is 1.14 bits per heavy atom. The lowest BCUT2D eigenvalue weighted by atomic mass is 9.92. The van der Waals surface area contributed by atoms with Crippen molar-refractivity contribution in [3.63, 3.8) is 0 Å². The monoisotopic (exact) mass is 401 g/mol. The van der Waals surface area contributed by atoms with Gasteiger partial charge in [0.1, 0.15) is 11.5 Å². The average Bonchev–Trinajstić information content (AvgIpc) is 2.65. The van der Waals surface area contributed by atoms with Crippen LogP contribution in [0.2, 0.25) is 5.02 Å². The second-order valence-corrected chi connectivity index (χ2v) is 7.93. The molecule has 1 fully saturated rings. The molecule has 1 aliphatic heterocycles. The number of benzene rings is 2. The number of halogens is 1. The Hall–Kier alpha value is -2.37. The summed E-state index contributed by atoms with van der Waals surface area (Å²) >= 11 is 5.93. The lowest BCUT2D eigenvalue weighted by Gasteiger charge is -2.34. The number of ketones is 1. The molecular formula is C22H24ClNO4. The van der Waals surface area contributed by atoms with Gasteiger partial charge >= 0.3 is 0 Å². The number of ether oxygens (including phenoxy) is 1. The third-order valence-corrected chi connectivity index (χ3v) is 5.27. The van der Waals surface area contributed by atoms with Gasteiger partial charge in [-0.25, -0.2) is 0 Å². The van der Waals surface area contributed by atoms with Crippen LogP contribution in [0.3, 0.4) is 0 Å². The van der Waals surface area contributed by atoms with E-state index in [9.17, 15) is 14.7 Å². The quantitative estimate of drug-likeness (QED) is 0.773. The van der Waals surface area contributed by atoms with Gasteiger partial charge in [-0.05, 0) is 55.7 Å². The van der Waals surface area contributed by atoms with Crippen molar-refractivity contribution in [1.82, 2.24) is 5.32 Å². The molecule has 0 unspecified atom stereocenters. The van der Waals surface area contributed by atoms with Gasteiger partial charge in [-0.3, -0.25) is 9.59 Å². The van der Waals surface area contributed by atoms with Crippen LogP contribution in [0.1, 0.15) is 41.3 Å². The first-order valence-corrected chi connectivity index (χ1v) is 9.71. The fourth-order valence-electron chi connectivity index (χ4n) is 3.31. The maximum atomic E-state index is 12.6. The molecule has 5 nitrogen and oxygen atoms in total. The van der Waals surface area contributed by atoms with E-state index in [-0.39, 0.29) is 35.8 Å². The van der Waals surface area contributed by atoms with Crippen molar-refractivity contribution in [2.75, 3.05) is 13.2 Å². The van der Waals surface area contributed by atoms with Crippen LogP contribution in [0.25, 0.3) is 0 Å². The minimum Gasteiger partial charge on any atom is -0.508 e. The van der Waals surface area contributed by atoms with E-state index >= 15 is 0 Å². The molecule has 0 radical (unpaired) electrons. The van der Waals surface area contributed by atoms with Gasteiger partial charge in [-0.2, -0.15) is 0 Å². The van der Waals surface area contributed by atoms with Crippen molar-refractivity contribution in [2.24, 2.45) is 0 Å². The Labute approximate surface area is 169 Å². The molecule has 0 aromatic heterocycles. The van der Waals surface area contributed by atoms with Crippen LogP contribution in [0.4, 0.5) is 0 Å². The van der Waals surface area contributed by atoms with E-state index in [1.54, 1.807) is 30.3 Å². The number of aromatic hydroxyl groups is 1. The summed E-state index contributed by atoms with van der Waals surface area (Å²) in [5.74, 6) is -0.159. The highest BCUT2D eigenvalue weighted by Gasteiger charge is 2.29. The first-order chi connectivity index (χ1) is 13.3. The topological polar surface area (TPSA) is 75.6 Å². The first-order valence-electron chi connectivity index (χ1n) is 9.33. The van der Waals surface area contributed by atoms with Gasteiger partial charge in [-0.1, -0.05) is 23.7 Å². The summed E-state index contributed by atoms with van der Waals surface area (Å²) in [6.07, 6.45) is 1.82. The number of Topliss-reactive ketones (excluding diaryl/α,β-unsaturated/α-hetero) is 1. The Kier molecular flexibility index (Phi) is 6.37. The second-order valence-electron chi connectivity index (χ2n) is 7.49. The van der Waals surface area contributed by atoms with E-state index < -0.39 is 0 Å². The molecule has 1 heterocycles. The van der Waals surface area contributed by atoms with Gasteiger partial charge in [0, 0.05) is 47.7 Å². The molecule has 0 spiro atoms. The highest BCUT2D eigenvalue weighted by atomic mass is 35.5. The number of rotatable bonds is 6. The maximum absolute atomic E-state index is 12.6. The van der Waals surface area contributed by atoms with Crippen molar-refractivity contribution in [3.8, 4) is 5.75 Å². The SMILES string of the molecule is CC1(NC(=O)c2cccc(CC(=O)Cc3cc(Cl)ccc3O)c2)CCOCC1. The summed E-state index contributed by atoms with van der Waals surface area (Å²) in [5.41, 5.74) is 1.52. The van der Waals surface area contributed by atoms with Gasteiger partial charge in [0.2, 0.25) is 0 Å². The first kappa shape index (κ1) is 20.4. The van der Waals surface area contributed by atoms with Crippen molar-refractivity contribution < 1.29 is 19.4 Å². The summed E-state index contributed by atoms with van der Waals surface area (Å²) < 4.78 is 5.36. The number of phenols is 1. The van der Waals surface area contributed by atoms with Crippen molar-refractivity contribution in [2.45, 2.75) is 38.1 Å². The highest BCUT2D eigenvalue weighted by molar-refractivity contribution is 6.30. The van der Waals surface area contributed by atoms with E-state index in [0.29, 0.717) is 29.4 Å². The van der Waals surface area contributed by atoms with Gasteiger partial charge < -0.3 is 15.2 Å². The van der Waals surface area contributed by atoms with E-state index in [2.05, 4.69) is 5.32 Å². The van der Waals surface area contributed by atoms with Gasteiger partial charge in [0.15, 0.2) is 0 Å². The molecule has 0 bridgehead atoms. The van der Waals surface area contributed by atoms with Gasteiger partial charge in [-0.15, -0.1) is 0 Å². The lowest BCUT2D eigenvalue weighted by molar-refractivity contribution is -0.117. The molecule has 2 aromatic carbocycles. The van der Waals surface area contributed by atoms with E-state index in [0.717, 1.165) is 18.4 Å². The van der Waals surface area contributed by atoms with Crippen molar-refractivity contribution in [1.29, 1.82) is 0 Å². The van der Waals surface area contributed by atoms with E-state index in [1.807, 2.05) is 13.0 Å². The summed E-state index contributed by atoms with van der Waals surface area (Å²) in [6.45, 7) is 3.31. The summed E-state index contributed by atoms with van der Waals surface area (Å²) in [4.78, 5) is 25.1. The summed E-state index contributed by atoms with van der Waals surface area (Å²) in [5, 5.41) is 13.4. The fraction of sp³-hybridized carbons (Fsp3) is 0.364. The Balaban J connectivity index is 1.64. The standard InChI is InChI=1S/C22H24ClNO4/c1-22(7-9-28-10-8-22)24-21(27)16-4-2-3-15(11-16)12-19(25)14-17-13-18(23)5-6-20(17)26/h2-6,11,13,26H,7-10,12,14H2,1H3,(H,24,27). The van der Waals surface area contributed by atoms with Gasteiger partial charge in [0.25, 0.3) is 5.91 Å². The smallest absolute Gasteiger partial charge is 0.251 e. The third kappa shape index (κ3) is 5.33. The Bertz CT molecular complexity index is 875. The second kappa shape index (κ2) is 8.76. The minimum absolute atomic E-state index is 0.0515. The van der Waals surface area contributed by atoms with Crippen LogP contribution >= 0.6 is 11.6 Å². The number of nitrogens with one attached hydrogen (secondary N) is 1. The number of hydrogen-bond donors (Lipinski definition) is 2. The molecule has 3 rings (SSSR count). The largest absolute Gasteiger partial charge is 0.508 e. The predicted octanol–water partition coefficient (Wildman–Crippen LogP) is 3.70. The van der Waals surface area contributed by atoms with Crippen LogP contribution in [-0.2, 0) is 22.4 Å². The summed E-state index contributed by atoms with van der Waals surface area (Å²) in [7, 11) is 0. The van der Waals surface area contributed by atoms with Crippen molar-refractivity contribution >= 4 is 23.3 Å². The van der Waals surface area contributed by atoms with Crippen molar-refractivity contribution in [3.05, 3.63) is 64.2 Å². The number of hydrogen-bond acceptors (Lipinski definition) is 4. The molecule has 0 saturated carbocycles. The fourth-order valence-corrected chi connectivity index (χ4v) is 3.51. The molecule has 148 valence electrons. The van der Waals surface area contributed by atoms with Crippen LogP contribution in [0, 0.1) is 0 Å². The zero-order valence-corrected chi connectivity index (χ0v) is 16.6. The molecular weight excluding hydrogens is 378 g/mol. The number of amides is 1. The van der Waals surface area contributed by atoms with Crippen LogP contribution in [-0.4, -0.2) is 35.5 Å². The number of phenolic OH excluding ortho intramolecular Hbond substituents is 1. The molecule has 1 saturated heterocycles. The number of carbonyl (C=O) groups is 2. The molecule has 2 N–H and O–H groups in total. The molecule has 2 aromatic rings. The normalized spacial score (nSPS) is 15.8. The molecule has 1 amide bonds. The Morgan fingerprint density at radius 3 is 2.64 bits per heavy atom. The lowest BCUT2D eigenvalue weighted by Crippen LogP contribution is -2.49. The molecule has 0 atom stereocenters. The molecule has 0 aliphatic carbocycles. The van der Waals surface area contributed by atoms with Crippen LogP contribution in [0.5, 0.6) is 5.75 Å². The molecule has 1 aliphatic rings.